The molecule has 6 rings (SSSR count). The van der Waals surface area contributed by atoms with Crippen molar-refractivity contribution in [2.75, 3.05) is 0 Å². The summed E-state index contributed by atoms with van der Waals surface area (Å²) in [6.45, 7) is 9.17. The van der Waals surface area contributed by atoms with E-state index in [-0.39, 0.29) is 0 Å². The van der Waals surface area contributed by atoms with Gasteiger partial charge in [-0.3, -0.25) is 0 Å². The molecule has 0 aliphatic rings. The van der Waals surface area contributed by atoms with Gasteiger partial charge in [0.25, 0.3) is 0 Å². The molecule has 5 heteroatoms. The van der Waals surface area contributed by atoms with E-state index >= 15 is 0 Å². The standard InChI is InChI=1S/C42H46N2S3/c1-5-9-12-29(7-3)14-11-15-35-27-39-40(45-35)28-38(46-39)37-25-24-36(41-42(37)44-47-43-41)34-22-20-33(21-23-34)32-18-16-31(17-19-32)26-30(8-4)13-10-6-2/h16-25,27-30H,5-10,12-14,26H2,1-4H3. The number of hydrogen-bond acceptors (Lipinski definition) is 5. The van der Waals surface area contributed by atoms with Crippen molar-refractivity contribution >= 4 is 54.8 Å². The molecule has 0 bridgehead atoms. The summed E-state index contributed by atoms with van der Waals surface area (Å²) in [5, 5.41) is 0. The number of benzene rings is 3. The van der Waals surface area contributed by atoms with Gasteiger partial charge in [-0.1, -0.05) is 145 Å². The minimum Gasteiger partial charge on any atom is -0.172 e. The smallest absolute Gasteiger partial charge is 0.114 e. The maximum atomic E-state index is 4.77. The predicted octanol–water partition coefficient (Wildman–Crippen LogP) is 13.7. The number of thiophene rings is 2. The molecule has 0 aliphatic heterocycles. The molecule has 0 N–H and O–H groups in total. The van der Waals surface area contributed by atoms with Gasteiger partial charge in [0.15, 0.2) is 0 Å². The third kappa shape index (κ3) is 8.06. The van der Waals surface area contributed by atoms with Crippen molar-refractivity contribution in [1.82, 2.24) is 8.75 Å². The van der Waals surface area contributed by atoms with Crippen molar-refractivity contribution in [3.8, 4) is 44.5 Å². The van der Waals surface area contributed by atoms with Crippen LogP contribution in [0.5, 0.6) is 0 Å². The monoisotopic (exact) mass is 674 g/mol. The summed E-state index contributed by atoms with van der Waals surface area (Å²) in [5.41, 5.74) is 9.40. The molecule has 0 fully saturated rings. The van der Waals surface area contributed by atoms with E-state index in [9.17, 15) is 0 Å². The van der Waals surface area contributed by atoms with Crippen LogP contribution in [0.4, 0.5) is 0 Å². The van der Waals surface area contributed by atoms with E-state index in [4.69, 9.17) is 8.75 Å². The molecule has 3 heterocycles. The minimum absolute atomic E-state index is 0.723. The Morgan fingerprint density at radius 3 is 1.89 bits per heavy atom. The van der Waals surface area contributed by atoms with Gasteiger partial charge in [0.2, 0.25) is 0 Å². The highest BCUT2D eigenvalue weighted by molar-refractivity contribution is 7.29. The van der Waals surface area contributed by atoms with Crippen LogP contribution < -0.4 is 0 Å². The van der Waals surface area contributed by atoms with Crippen molar-refractivity contribution < 1.29 is 0 Å². The molecular weight excluding hydrogens is 629 g/mol. The van der Waals surface area contributed by atoms with E-state index in [2.05, 4.69) is 112 Å². The van der Waals surface area contributed by atoms with Crippen LogP contribution in [0, 0.1) is 23.7 Å². The van der Waals surface area contributed by atoms with Gasteiger partial charge in [-0.05, 0) is 59.1 Å². The molecule has 47 heavy (non-hydrogen) atoms. The molecule has 2 atom stereocenters. The van der Waals surface area contributed by atoms with Gasteiger partial charge in [0, 0.05) is 31.8 Å². The van der Waals surface area contributed by atoms with Crippen LogP contribution in [0.2, 0.25) is 0 Å². The van der Waals surface area contributed by atoms with Crippen LogP contribution in [-0.4, -0.2) is 8.75 Å². The van der Waals surface area contributed by atoms with Crippen LogP contribution in [0.1, 0.15) is 95.9 Å². The first kappa shape index (κ1) is 33.6. The summed E-state index contributed by atoms with van der Waals surface area (Å²) in [7, 11) is 0. The Hall–Kier alpha value is -3.30. The number of hydrogen-bond donors (Lipinski definition) is 0. The van der Waals surface area contributed by atoms with Crippen LogP contribution >= 0.6 is 34.4 Å². The van der Waals surface area contributed by atoms with Gasteiger partial charge in [-0.2, -0.15) is 8.75 Å². The SMILES string of the molecule is CCCCC(CC)CC#Cc1cc2sc(-c3ccc(-c4ccc(-c5ccc(CC(CC)CCCC)cc5)cc4)c4nsnc34)cc2s1. The molecule has 3 aromatic carbocycles. The summed E-state index contributed by atoms with van der Waals surface area (Å²) < 4.78 is 12.2. The fourth-order valence-electron chi connectivity index (χ4n) is 6.51. The topological polar surface area (TPSA) is 25.8 Å². The van der Waals surface area contributed by atoms with Crippen LogP contribution in [0.15, 0.2) is 72.8 Å². The summed E-state index contributed by atoms with van der Waals surface area (Å²) in [5.74, 6) is 8.45. The third-order valence-corrected chi connectivity index (χ3v) is 12.4. The Morgan fingerprint density at radius 1 is 0.638 bits per heavy atom. The quantitative estimate of drug-likeness (QED) is 0.107. The fourth-order valence-corrected chi connectivity index (χ4v) is 9.38. The first-order valence-electron chi connectivity index (χ1n) is 17.6. The zero-order chi connectivity index (χ0) is 32.6. The molecule has 6 aromatic rings. The molecule has 0 amide bonds. The van der Waals surface area contributed by atoms with Gasteiger partial charge in [-0.15, -0.1) is 22.7 Å². The third-order valence-electron chi connectivity index (χ3n) is 9.58. The molecule has 0 radical (unpaired) electrons. The molecule has 0 spiro atoms. The highest BCUT2D eigenvalue weighted by Crippen LogP contribution is 2.42. The number of aromatic nitrogens is 2. The Labute approximate surface area is 293 Å². The summed E-state index contributed by atoms with van der Waals surface area (Å²) >= 11 is 4.94. The van der Waals surface area contributed by atoms with E-state index in [1.807, 2.05) is 11.3 Å². The van der Waals surface area contributed by atoms with Crippen molar-refractivity contribution in [2.24, 2.45) is 11.8 Å². The van der Waals surface area contributed by atoms with E-state index in [0.29, 0.717) is 0 Å². The molecule has 2 nitrogen and oxygen atoms in total. The normalized spacial score (nSPS) is 12.8. The molecule has 0 saturated carbocycles. The average molecular weight is 675 g/mol. The summed E-state index contributed by atoms with van der Waals surface area (Å²) in [4.78, 5) is 2.42. The van der Waals surface area contributed by atoms with Gasteiger partial charge >= 0.3 is 0 Å². The second kappa shape index (κ2) is 16.2. The molecular formula is C42H46N2S3. The maximum Gasteiger partial charge on any atom is 0.114 e. The van der Waals surface area contributed by atoms with Gasteiger partial charge in [0.1, 0.15) is 11.0 Å². The lowest BCUT2D eigenvalue weighted by Crippen LogP contribution is -2.03. The van der Waals surface area contributed by atoms with E-state index in [1.54, 1.807) is 11.3 Å². The van der Waals surface area contributed by atoms with Crippen LogP contribution in [0.3, 0.4) is 0 Å². The highest BCUT2D eigenvalue weighted by Gasteiger charge is 2.16. The van der Waals surface area contributed by atoms with Crippen molar-refractivity contribution in [3.63, 3.8) is 0 Å². The van der Waals surface area contributed by atoms with Crippen molar-refractivity contribution in [3.05, 3.63) is 83.2 Å². The number of fused-ring (bicyclic) bond motifs is 2. The zero-order valence-corrected chi connectivity index (χ0v) is 30.7. The molecule has 0 aliphatic carbocycles. The Kier molecular flexibility index (Phi) is 11.6. The van der Waals surface area contributed by atoms with Gasteiger partial charge in [-0.25, -0.2) is 0 Å². The Bertz CT molecular complexity index is 1920. The Morgan fingerprint density at radius 2 is 1.23 bits per heavy atom. The number of unbranched alkanes of at least 4 members (excludes halogenated alkanes) is 2. The minimum atomic E-state index is 0.723. The zero-order valence-electron chi connectivity index (χ0n) is 28.3. The lowest BCUT2D eigenvalue weighted by atomic mass is 9.91. The first-order chi connectivity index (χ1) is 23.1. The molecule has 2 unspecified atom stereocenters. The van der Waals surface area contributed by atoms with E-state index in [1.165, 1.54) is 111 Å². The predicted molar refractivity (Wildman–Crippen MR) is 209 cm³/mol. The summed E-state index contributed by atoms with van der Waals surface area (Å²) in [6, 6.07) is 27.2. The lowest BCUT2D eigenvalue weighted by Gasteiger charge is -2.14. The van der Waals surface area contributed by atoms with Crippen LogP contribution in [-0.2, 0) is 6.42 Å². The largest absolute Gasteiger partial charge is 0.172 e. The average Bonchev–Trinajstić information content (AvgIpc) is 3.84. The van der Waals surface area contributed by atoms with Crippen molar-refractivity contribution in [1.29, 1.82) is 0 Å². The molecule has 3 aromatic heterocycles. The van der Waals surface area contributed by atoms with Gasteiger partial charge < -0.3 is 0 Å². The molecule has 0 saturated heterocycles. The number of nitrogens with zero attached hydrogens (tertiary/aromatic N) is 2. The second-order valence-corrected chi connectivity index (χ2v) is 15.6. The number of rotatable bonds is 14. The fraction of sp³-hybridized carbons (Fsp3) is 0.381. The lowest BCUT2D eigenvalue weighted by molar-refractivity contribution is 0.449. The van der Waals surface area contributed by atoms with Gasteiger partial charge in [0.05, 0.1) is 16.6 Å². The van der Waals surface area contributed by atoms with E-state index in [0.717, 1.165) is 40.4 Å². The van der Waals surface area contributed by atoms with Crippen molar-refractivity contribution in [2.45, 2.75) is 91.9 Å². The second-order valence-electron chi connectivity index (χ2n) is 12.9. The van der Waals surface area contributed by atoms with E-state index < -0.39 is 0 Å². The summed E-state index contributed by atoms with van der Waals surface area (Å²) in [6.07, 6.45) is 12.5. The Balaban J connectivity index is 1.17. The first-order valence-corrected chi connectivity index (χ1v) is 19.9. The maximum absolute atomic E-state index is 4.77. The molecule has 242 valence electrons. The highest BCUT2D eigenvalue weighted by atomic mass is 32.1. The van der Waals surface area contributed by atoms with Crippen LogP contribution in [0.25, 0.3) is 53.1 Å².